The fourth-order valence-electron chi connectivity index (χ4n) is 3.22. The van der Waals surface area contributed by atoms with Crippen molar-refractivity contribution in [2.24, 2.45) is 17.8 Å². The van der Waals surface area contributed by atoms with Gasteiger partial charge in [0.2, 0.25) is 0 Å². The van der Waals surface area contributed by atoms with Gasteiger partial charge in [-0.15, -0.1) is 0 Å². The van der Waals surface area contributed by atoms with Crippen molar-refractivity contribution >= 4 is 13.6 Å². The summed E-state index contributed by atoms with van der Waals surface area (Å²) in [5.41, 5.74) is 0. The molecule has 0 heterocycles. The summed E-state index contributed by atoms with van der Waals surface area (Å²) in [5, 5.41) is 0. The monoisotopic (exact) mass is 176 g/mol. The van der Waals surface area contributed by atoms with Gasteiger partial charge in [-0.05, 0) is 24.7 Å². The van der Waals surface area contributed by atoms with Crippen LogP contribution in [0.15, 0.2) is 0 Å². The molecule has 1 nitrogen and oxygen atoms in total. The smallest absolute Gasteiger partial charge is 0.136 e. The lowest BCUT2D eigenvalue weighted by Gasteiger charge is -2.27. The zero-order valence-corrected chi connectivity index (χ0v) is 8.17. The molecule has 70 valence electrons. The molecule has 0 saturated heterocycles. The van der Waals surface area contributed by atoms with Gasteiger partial charge >= 0.3 is 0 Å². The minimum Gasteiger partial charge on any atom is -0.299 e. The number of hydrogen-bond donors (Lipinski definition) is 0. The lowest BCUT2D eigenvalue weighted by Crippen LogP contribution is -2.20. The van der Waals surface area contributed by atoms with Crippen molar-refractivity contribution in [3.8, 4) is 0 Å². The van der Waals surface area contributed by atoms with E-state index in [1.54, 1.807) is 0 Å². The highest BCUT2D eigenvalue weighted by atomic mass is 16.1. The van der Waals surface area contributed by atoms with Crippen LogP contribution in [0.2, 0.25) is 6.32 Å². The molecule has 0 aliphatic heterocycles. The Bertz CT molecular complexity index is 202. The third kappa shape index (κ3) is 1.68. The summed E-state index contributed by atoms with van der Waals surface area (Å²) in [6.45, 7) is 0. The van der Waals surface area contributed by atoms with E-state index >= 15 is 0 Å². The van der Waals surface area contributed by atoms with Gasteiger partial charge in [-0.3, -0.25) is 4.79 Å². The lowest BCUT2D eigenvalue weighted by atomic mass is 9.76. The van der Waals surface area contributed by atoms with Gasteiger partial charge in [-0.1, -0.05) is 25.6 Å². The molecule has 0 aromatic rings. The van der Waals surface area contributed by atoms with Gasteiger partial charge in [0.05, 0.1) is 7.85 Å². The first-order valence-corrected chi connectivity index (χ1v) is 5.55. The molecule has 2 aliphatic carbocycles. The number of Topliss-reactive ketones (excluding diaryl/α,β-unsaturated/α-hetero) is 1. The molecule has 2 heteroatoms. The summed E-state index contributed by atoms with van der Waals surface area (Å²) < 4.78 is 0. The van der Waals surface area contributed by atoms with Crippen LogP contribution in [-0.4, -0.2) is 13.6 Å². The summed E-state index contributed by atoms with van der Waals surface area (Å²) >= 11 is 0. The Morgan fingerprint density at radius 1 is 1.31 bits per heavy atom. The van der Waals surface area contributed by atoms with Crippen LogP contribution in [0, 0.1) is 17.8 Å². The summed E-state index contributed by atoms with van der Waals surface area (Å²) in [7, 11) is 5.54. The first-order valence-electron chi connectivity index (χ1n) is 5.55. The molecule has 0 aromatic heterocycles. The quantitative estimate of drug-likeness (QED) is 0.590. The molecule has 3 atom stereocenters. The molecule has 0 bridgehead atoms. The second kappa shape index (κ2) is 3.85. The van der Waals surface area contributed by atoms with Gasteiger partial charge < -0.3 is 0 Å². The second-order valence-corrected chi connectivity index (χ2v) is 4.56. The SMILES string of the molecule is [B]CC[C@@H]1C(=O)CC2CCCCC21. The molecule has 0 aromatic carbocycles. The van der Waals surface area contributed by atoms with Crippen molar-refractivity contribution in [1.29, 1.82) is 0 Å². The predicted octanol–water partition coefficient (Wildman–Crippen LogP) is 2.36. The highest BCUT2D eigenvalue weighted by Crippen LogP contribution is 2.45. The number of rotatable bonds is 2. The Hall–Kier alpha value is -0.265. The van der Waals surface area contributed by atoms with Crippen molar-refractivity contribution in [3.05, 3.63) is 0 Å². The molecule has 2 aliphatic rings. The van der Waals surface area contributed by atoms with E-state index in [-0.39, 0.29) is 0 Å². The number of carbonyl (C=O) groups is 1. The third-order valence-electron chi connectivity index (χ3n) is 3.84. The van der Waals surface area contributed by atoms with Gasteiger partial charge in [0.15, 0.2) is 0 Å². The van der Waals surface area contributed by atoms with E-state index in [0.717, 1.165) is 18.8 Å². The first-order chi connectivity index (χ1) is 6.33. The van der Waals surface area contributed by atoms with E-state index in [1.807, 2.05) is 0 Å². The zero-order chi connectivity index (χ0) is 9.26. The van der Waals surface area contributed by atoms with Crippen LogP contribution in [-0.2, 0) is 4.79 Å². The molecule has 13 heavy (non-hydrogen) atoms. The van der Waals surface area contributed by atoms with E-state index in [1.165, 1.54) is 25.7 Å². The Morgan fingerprint density at radius 3 is 2.85 bits per heavy atom. The average Bonchev–Trinajstić information content (AvgIpc) is 2.44. The Labute approximate surface area is 81.7 Å². The molecule has 2 radical (unpaired) electrons. The first kappa shape index (κ1) is 9.30. The van der Waals surface area contributed by atoms with Crippen molar-refractivity contribution in [2.45, 2.75) is 44.8 Å². The largest absolute Gasteiger partial charge is 0.299 e. The molecule has 2 rings (SSSR count). The van der Waals surface area contributed by atoms with Crippen LogP contribution in [0.5, 0.6) is 0 Å². The van der Waals surface area contributed by atoms with Gasteiger partial charge in [-0.2, -0.15) is 0 Å². The van der Waals surface area contributed by atoms with Crippen LogP contribution in [0.4, 0.5) is 0 Å². The maximum atomic E-state index is 11.7. The van der Waals surface area contributed by atoms with E-state index < -0.39 is 0 Å². The fraction of sp³-hybridized carbons (Fsp3) is 0.909. The standard InChI is InChI=1S/C11H17BO/c12-6-5-10-9-4-2-1-3-8(9)7-11(10)13/h8-10H,1-7H2/t8?,9?,10-/m0/s1. The van der Waals surface area contributed by atoms with Gasteiger partial charge in [-0.25, -0.2) is 0 Å². The highest BCUT2D eigenvalue weighted by Gasteiger charge is 2.41. The summed E-state index contributed by atoms with van der Waals surface area (Å²) in [6.07, 6.45) is 7.70. The van der Waals surface area contributed by atoms with Gasteiger partial charge in [0, 0.05) is 12.3 Å². The molecule has 2 fully saturated rings. The third-order valence-corrected chi connectivity index (χ3v) is 3.84. The summed E-state index contributed by atoms with van der Waals surface area (Å²) in [4.78, 5) is 11.7. The Morgan fingerprint density at radius 2 is 2.08 bits per heavy atom. The minimum absolute atomic E-state index is 0.329. The molecule has 2 saturated carbocycles. The number of ketones is 1. The maximum Gasteiger partial charge on any atom is 0.136 e. The number of fused-ring (bicyclic) bond motifs is 1. The molecule has 2 unspecified atom stereocenters. The number of carbonyl (C=O) groups excluding carboxylic acids is 1. The van der Waals surface area contributed by atoms with Gasteiger partial charge in [0.1, 0.15) is 5.78 Å². The topological polar surface area (TPSA) is 17.1 Å². The number of hydrogen-bond acceptors (Lipinski definition) is 1. The second-order valence-electron chi connectivity index (χ2n) is 4.56. The normalized spacial score (nSPS) is 39.1. The summed E-state index contributed by atoms with van der Waals surface area (Å²) in [6, 6.07) is 0. The van der Waals surface area contributed by atoms with Crippen molar-refractivity contribution in [1.82, 2.24) is 0 Å². The van der Waals surface area contributed by atoms with Crippen molar-refractivity contribution < 1.29 is 4.79 Å². The lowest BCUT2D eigenvalue weighted by molar-refractivity contribution is -0.121. The zero-order valence-electron chi connectivity index (χ0n) is 8.17. The molecular formula is C11H17BO. The van der Waals surface area contributed by atoms with E-state index in [0.29, 0.717) is 23.9 Å². The van der Waals surface area contributed by atoms with E-state index in [9.17, 15) is 4.79 Å². The fourth-order valence-corrected chi connectivity index (χ4v) is 3.22. The maximum absolute atomic E-state index is 11.7. The van der Waals surface area contributed by atoms with Crippen LogP contribution < -0.4 is 0 Å². The Balaban J connectivity index is 2.04. The van der Waals surface area contributed by atoms with E-state index in [2.05, 4.69) is 0 Å². The molecule has 0 amide bonds. The van der Waals surface area contributed by atoms with Crippen LogP contribution in [0.3, 0.4) is 0 Å². The van der Waals surface area contributed by atoms with Crippen molar-refractivity contribution in [2.75, 3.05) is 0 Å². The average molecular weight is 176 g/mol. The molecule has 0 spiro atoms. The molecule has 0 N–H and O–H groups in total. The van der Waals surface area contributed by atoms with Crippen LogP contribution in [0.1, 0.15) is 38.5 Å². The van der Waals surface area contributed by atoms with Crippen LogP contribution >= 0.6 is 0 Å². The van der Waals surface area contributed by atoms with Gasteiger partial charge in [0.25, 0.3) is 0 Å². The highest BCUT2D eigenvalue weighted by molar-refractivity contribution is 6.08. The summed E-state index contributed by atoms with van der Waals surface area (Å²) in [5.74, 6) is 2.25. The Kier molecular flexibility index (Phi) is 2.76. The minimum atomic E-state index is 0.329. The predicted molar refractivity (Wildman–Crippen MR) is 53.7 cm³/mol. The van der Waals surface area contributed by atoms with Crippen LogP contribution in [0.25, 0.3) is 0 Å². The van der Waals surface area contributed by atoms with Crippen molar-refractivity contribution in [3.63, 3.8) is 0 Å². The molecular weight excluding hydrogens is 159 g/mol. The van der Waals surface area contributed by atoms with E-state index in [4.69, 9.17) is 7.85 Å².